The lowest BCUT2D eigenvalue weighted by atomic mass is 9.98. The summed E-state index contributed by atoms with van der Waals surface area (Å²) in [5.74, 6) is 0.626. The average molecular weight is 297 g/mol. The Morgan fingerprint density at radius 2 is 1.75 bits per heavy atom. The molecule has 0 saturated carbocycles. The minimum absolute atomic E-state index is 0.399. The van der Waals surface area contributed by atoms with Crippen LogP contribution in [0.15, 0.2) is 24.3 Å². The molecule has 0 radical (unpaired) electrons. The Balaban J connectivity index is 2.58. The van der Waals surface area contributed by atoms with Crippen LogP contribution in [0.2, 0.25) is 5.02 Å². The molecule has 0 heterocycles. The van der Waals surface area contributed by atoms with Crippen LogP contribution in [0.5, 0.6) is 0 Å². The van der Waals surface area contributed by atoms with Crippen LogP contribution in [0, 0.1) is 5.92 Å². The SMILES string of the molecule is CCCNCC(C)C(C)N(C)C(C)c1ccc(Cl)cc1. The molecule has 3 unspecified atom stereocenters. The summed E-state index contributed by atoms with van der Waals surface area (Å²) < 4.78 is 0. The molecule has 0 saturated heterocycles. The number of rotatable bonds is 8. The fourth-order valence-electron chi connectivity index (χ4n) is 2.41. The van der Waals surface area contributed by atoms with E-state index in [9.17, 15) is 0 Å². The van der Waals surface area contributed by atoms with Gasteiger partial charge in [0, 0.05) is 17.1 Å². The third-order valence-corrected chi connectivity index (χ3v) is 4.57. The predicted molar refractivity (Wildman–Crippen MR) is 89.4 cm³/mol. The molecule has 3 heteroatoms. The third kappa shape index (κ3) is 5.08. The Morgan fingerprint density at radius 1 is 1.15 bits per heavy atom. The Morgan fingerprint density at radius 3 is 2.30 bits per heavy atom. The molecule has 0 aliphatic rings. The molecule has 0 aliphatic carbocycles. The molecule has 20 heavy (non-hydrogen) atoms. The second-order valence-electron chi connectivity index (χ2n) is 5.82. The van der Waals surface area contributed by atoms with E-state index in [1.807, 2.05) is 12.1 Å². The van der Waals surface area contributed by atoms with Crippen molar-refractivity contribution in [2.75, 3.05) is 20.1 Å². The molecule has 2 nitrogen and oxygen atoms in total. The van der Waals surface area contributed by atoms with Crippen molar-refractivity contribution >= 4 is 11.6 Å². The van der Waals surface area contributed by atoms with Gasteiger partial charge in [0.05, 0.1) is 0 Å². The summed E-state index contributed by atoms with van der Waals surface area (Å²) in [5.41, 5.74) is 1.32. The molecule has 1 aromatic rings. The van der Waals surface area contributed by atoms with Crippen molar-refractivity contribution in [2.24, 2.45) is 5.92 Å². The van der Waals surface area contributed by atoms with E-state index in [-0.39, 0.29) is 0 Å². The molecule has 0 spiro atoms. The summed E-state index contributed by atoms with van der Waals surface area (Å²) in [6, 6.07) is 9.11. The van der Waals surface area contributed by atoms with Gasteiger partial charge in [-0.2, -0.15) is 0 Å². The van der Waals surface area contributed by atoms with E-state index in [1.165, 1.54) is 12.0 Å². The summed E-state index contributed by atoms with van der Waals surface area (Å²) in [6.07, 6.45) is 1.19. The van der Waals surface area contributed by atoms with E-state index >= 15 is 0 Å². The zero-order valence-corrected chi connectivity index (χ0v) is 14.2. The molecule has 0 aromatic heterocycles. The number of hydrogen-bond donors (Lipinski definition) is 1. The lowest BCUT2D eigenvalue weighted by molar-refractivity contribution is 0.150. The molecule has 0 bridgehead atoms. The van der Waals surface area contributed by atoms with Gasteiger partial charge in [-0.1, -0.05) is 37.6 Å². The molecule has 1 rings (SSSR count). The van der Waals surface area contributed by atoms with Crippen LogP contribution >= 0.6 is 11.6 Å². The zero-order valence-electron chi connectivity index (χ0n) is 13.5. The molecule has 0 aliphatic heterocycles. The van der Waals surface area contributed by atoms with Gasteiger partial charge in [-0.15, -0.1) is 0 Å². The van der Waals surface area contributed by atoms with E-state index in [2.05, 4.69) is 57.1 Å². The van der Waals surface area contributed by atoms with Crippen LogP contribution in [-0.2, 0) is 0 Å². The van der Waals surface area contributed by atoms with Gasteiger partial charge >= 0.3 is 0 Å². The van der Waals surface area contributed by atoms with Gasteiger partial charge in [0.25, 0.3) is 0 Å². The van der Waals surface area contributed by atoms with Crippen LogP contribution in [-0.4, -0.2) is 31.1 Å². The largest absolute Gasteiger partial charge is 0.316 e. The summed E-state index contributed by atoms with van der Waals surface area (Å²) in [4.78, 5) is 2.45. The standard InChI is InChI=1S/C17H29ClN2/c1-6-11-19-12-13(2)14(3)20(5)15(4)16-7-9-17(18)10-8-16/h7-10,13-15,19H,6,11-12H2,1-5H3. The second-order valence-corrected chi connectivity index (χ2v) is 6.25. The maximum Gasteiger partial charge on any atom is 0.0406 e. The van der Waals surface area contributed by atoms with Gasteiger partial charge in [0.2, 0.25) is 0 Å². The van der Waals surface area contributed by atoms with E-state index < -0.39 is 0 Å². The van der Waals surface area contributed by atoms with Crippen molar-refractivity contribution in [1.29, 1.82) is 0 Å². The minimum Gasteiger partial charge on any atom is -0.316 e. The lowest BCUT2D eigenvalue weighted by Gasteiger charge is -2.35. The molecule has 114 valence electrons. The normalized spacial score (nSPS) is 16.1. The van der Waals surface area contributed by atoms with Crippen molar-refractivity contribution in [3.8, 4) is 0 Å². The van der Waals surface area contributed by atoms with Crippen molar-refractivity contribution in [1.82, 2.24) is 10.2 Å². The number of halogens is 1. The van der Waals surface area contributed by atoms with Crippen LogP contribution in [0.1, 0.15) is 45.7 Å². The van der Waals surface area contributed by atoms with Crippen LogP contribution < -0.4 is 5.32 Å². The topological polar surface area (TPSA) is 15.3 Å². The van der Waals surface area contributed by atoms with E-state index in [0.717, 1.165) is 18.1 Å². The second kappa shape index (κ2) is 8.66. The quantitative estimate of drug-likeness (QED) is 0.717. The first-order valence-corrected chi connectivity index (χ1v) is 8.03. The molecular weight excluding hydrogens is 268 g/mol. The maximum atomic E-state index is 5.96. The smallest absolute Gasteiger partial charge is 0.0406 e. The van der Waals surface area contributed by atoms with Crippen molar-refractivity contribution in [2.45, 2.75) is 46.2 Å². The average Bonchev–Trinajstić information content (AvgIpc) is 2.46. The van der Waals surface area contributed by atoms with Gasteiger partial charge in [0.15, 0.2) is 0 Å². The monoisotopic (exact) mass is 296 g/mol. The van der Waals surface area contributed by atoms with Gasteiger partial charge in [0.1, 0.15) is 0 Å². The Labute approximate surface area is 129 Å². The number of nitrogens with zero attached hydrogens (tertiary/aromatic N) is 1. The molecule has 3 atom stereocenters. The van der Waals surface area contributed by atoms with E-state index in [1.54, 1.807) is 0 Å². The maximum absolute atomic E-state index is 5.96. The number of hydrogen-bond acceptors (Lipinski definition) is 2. The minimum atomic E-state index is 0.399. The summed E-state index contributed by atoms with van der Waals surface area (Å²) >= 11 is 5.96. The van der Waals surface area contributed by atoms with Crippen LogP contribution in [0.4, 0.5) is 0 Å². The highest BCUT2D eigenvalue weighted by Gasteiger charge is 2.21. The Hall–Kier alpha value is -0.570. The van der Waals surface area contributed by atoms with Gasteiger partial charge in [-0.25, -0.2) is 0 Å². The molecular formula is C17H29ClN2. The Kier molecular flexibility index (Phi) is 7.57. The number of benzene rings is 1. The molecule has 1 N–H and O–H groups in total. The molecule has 0 fully saturated rings. The highest BCUT2D eigenvalue weighted by atomic mass is 35.5. The first kappa shape index (κ1) is 17.5. The zero-order chi connectivity index (χ0) is 15.1. The molecule has 1 aromatic carbocycles. The summed E-state index contributed by atoms with van der Waals surface area (Å²) in [7, 11) is 2.21. The van der Waals surface area contributed by atoms with Crippen molar-refractivity contribution < 1.29 is 0 Å². The van der Waals surface area contributed by atoms with Crippen LogP contribution in [0.3, 0.4) is 0 Å². The van der Waals surface area contributed by atoms with Crippen molar-refractivity contribution in [3.05, 3.63) is 34.9 Å². The van der Waals surface area contributed by atoms with Crippen LogP contribution in [0.25, 0.3) is 0 Å². The first-order chi connectivity index (χ1) is 9.47. The third-order valence-electron chi connectivity index (χ3n) is 4.32. The highest BCUT2D eigenvalue weighted by Crippen LogP contribution is 2.24. The summed E-state index contributed by atoms with van der Waals surface area (Å²) in [5, 5.41) is 4.31. The Bertz CT molecular complexity index is 377. The lowest BCUT2D eigenvalue weighted by Crippen LogP contribution is -2.40. The fourth-order valence-corrected chi connectivity index (χ4v) is 2.53. The predicted octanol–water partition coefficient (Wildman–Crippen LogP) is 4.36. The van der Waals surface area contributed by atoms with Crippen molar-refractivity contribution in [3.63, 3.8) is 0 Å². The van der Waals surface area contributed by atoms with E-state index in [0.29, 0.717) is 18.0 Å². The summed E-state index contributed by atoms with van der Waals surface area (Å²) in [6.45, 7) is 11.3. The van der Waals surface area contributed by atoms with E-state index in [4.69, 9.17) is 11.6 Å². The van der Waals surface area contributed by atoms with Gasteiger partial charge < -0.3 is 5.32 Å². The first-order valence-electron chi connectivity index (χ1n) is 7.65. The van der Waals surface area contributed by atoms with Gasteiger partial charge in [-0.05, 0) is 64.0 Å². The number of nitrogens with one attached hydrogen (secondary N) is 1. The molecule has 0 amide bonds. The highest BCUT2D eigenvalue weighted by molar-refractivity contribution is 6.30. The fraction of sp³-hybridized carbons (Fsp3) is 0.647. The van der Waals surface area contributed by atoms with Gasteiger partial charge in [-0.3, -0.25) is 4.90 Å².